The standard InChI is InChI=1S/C13H14N2O6/c1-8(16)14-15-12(17)7-20-13(18)11-6-19-9-4-2-3-5-10(9)21-11/h2-5,11H,6-7H2,1H3,(H,14,16)(H,15,17)/t11-/m0/s1. The summed E-state index contributed by atoms with van der Waals surface area (Å²) in [5.74, 6) is -0.827. The van der Waals surface area contributed by atoms with Crippen LogP contribution in [-0.2, 0) is 19.1 Å². The third-order valence-corrected chi connectivity index (χ3v) is 2.49. The topological polar surface area (TPSA) is 103 Å². The number of carbonyl (C=O) groups is 3. The van der Waals surface area contributed by atoms with Crippen molar-refractivity contribution in [1.82, 2.24) is 10.9 Å². The fourth-order valence-electron chi connectivity index (χ4n) is 1.56. The number of hydrogen-bond donors (Lipinski definition) is 2. The van der Waals surface area contributed by atoms with Crippen LogP contribution in [0.1, 0.15) is 6.92 Å². The van der Waals surface area contributed by atoms with E-state index in [0.29, 0.717) is 11.5 Å². The molecule has 1 heterocycles. The Morgan fingerprint density at radius 1 is 1.24 bits per heavy atom. The molecule has 2 rings (SSSR count). The molecule has 8 heteroatoms. The number of hydrogen-bond acceptors (Lipinski definition) is 6. The monoisotopic (exact) mass is 294 g/mol. The molecule has 1 aliphatic rings. The van der Waals surface area contributed by atoms with E-state index in [1.807, 2.05) is 0 Å². The van der Waals surface area contributed by atoms with Crippen LogP contribution in [0.4, 0.5) is 0 Å². The highest BCUT2D eigenvalue weighted by Crippen LogP contribution is 2.30. The molecule has 0 fully saturated rings. The van der Waals surface area contributed by atoms with E-state index in [0.717, 1.165) is 0 Å². The van der Waals surface area contributed by atoms with Gasteiger partial charge in [0, 0.05) is 6.92 Å². The first-order valence-electron chi connectivity index (χ1n) is 6.17. The third-order valence-electron chi connectivity index (χ3n) is 2.49. The van der Waals surface area contributed by atoms with Gasteiger partial charge in [-0.1, -0.05) is 12.1 Å². The van der Waals surface area contributed by atoms with Crippen molar-refractivity contribution in [1.29, 1.82) is 0 Å². The summed E-state index contributed by atoms with van der Waals surface area (Å²) >= 11 is 0. The average molecular weight is 294 g/mol. The largest absolute Gasteiger partial charge is 0.485 e. The molecule has 21 heavy (non-hydrogen) atoms. The molecule has 0 radical (unpaired) electrons. The maximum absolute atomic E-state index is 11.8. The number of hydrazine groups is 1. The van der Waals surface area contributed by atoms with Crippen LogP contribution in [-0.4, -0.2) is 37.1 Å². The van der Waals surface area contributed by atoms with Gasteiger partial charge in [0.05, 0.1) is 0 Å². The maximum Gasteiger partial charge on any atom is 0.351 e. The van der Waals surface area contributed by atoms with Crippen molar-refractivity contribution in [3.63, 3.8) is 0 Å². The summed E-state index contributed by atoms with van der Waals surface area (Å²) < 4.78 is 15.6. The van der Waals surface area contributed by atoms with Gasteiger partial charge in [-0.25, -0.2) is 4.79 Å². The predicted molar refractivity (Wildman–Crippen MR) is 69.3 cm³/mol. The summed E-state index contributed by atoms with van der Waals surface area (Å²) in [6.07, 6.45) is -0.937. The minimum absolute atomic E-state index is 0.00314. The minimum atomic E-state index is -0.937. The lowest BCUT2D eigenvalue weighted by atomic mass is 10.2. The maximum atomic E-state index is 11.8. The van der Waals surface area contributed by atoms with Crippen LogP contribution < -0.4 is 20.3 Å². The first kappa shape index (κ1) is 14.6. The van der Waals surface area contributed by atoms with Gasteiger partial charge in [-0.05, 0) is 12.1 Å². The Bertz CT molecular complexity index is 559. The van der Waals surface area contributed by atoms with E-state index < -0.39 is 30.5 Å². The second-order valence-corrected chi connectivity index (χ2v) is 4.20. The van der Waals surface area contributed by atoms with Crippen LogP contribution in [0.15, 0.2) is 24.3 Å². The summed E-state index contributed by atoms with van der Waals surface area (Å²) in [6, 6.07) is 6.92. The van der Waals surface area contributed by atoms with Crippen molar-refractivity contribution in [2.24, 2.45) is 0 Å². The zero-order valence-electron chi connectivity index (χ0n) is 11.3. The van der Waals surface area contributed by atoms with Gasteiger partial charge in [-0.3, -0.25) is 20.4 Å². The van der Waals surface area contributed by atoms with Gasteiger partial charge < -0.3 is 14.2 Å². The second-order valence-electron chi connectivity index (χ2n) is 4.20. The molecule has 0 saturated carbocycles. The van der Waals surface area contributed by atoms with E-state index in [4.69, 9.17) is 14.2 Å². The van der Waals surface area contributed by atoms with Crippen LogP contribution in [0, 0.1) is 0 Å². The van der Waals surface area contributed by atoms with Crippen molar-refractivity contribution < 1.29 is 28.6 Å². The molecule has 0 spiro atoms. The molecule has 1 atom stereocenters. The van der Waals surface area contributed by atoms with E-state index in [1.165, 1.54) is 6.92 Å². The third kappa shape index (κ3) is 4.10. The highest BCUT2D eigenvalue weighted by molar-refractivity contribution is 5.84. The highest BCUT2D eigenvalue weighted by Gasteiger charge is 2.29. The van der Waals surface area contributed by atoms with Crippen LogP contribution in [0.5, 0.6) is 11.5 Å². The van der Waals surface area contributed by atoms with E-state index >= 15 is 0 Å². The van der Waals surface area contributed by atoms with Crippen molar-refractivity contribution in [2.45, 2.75) is 13.0 Å². The van der Waals surface area contributed by atoms with Gasteiger partial charge in [0.1, 0.15) is 6.61 Å². The normalized spacial score (nSPS) is 15.8. The zero-order chi connectivity index (χ0) is 15.2. The van der Waals surface area contributed by atoms with Crippen LogP contribution in [0.25, 0.3) is 0 Å². The van der Waals surface area contributed by atoms with E-state index in [9.17, 15) is 14.4 Å². The highest BCUT2D eigenvalue weighted by atomic mass is 16.6. The Kier molecular flexibility index (Phi) is 4.60. The van der Waals surface area contributed by atoms with Crippen LogP contribution in [0.3, 0.4) is 0 Å². The minimum Gasteiger partial charge on any atom is -0.485 e. The fraction of sp³-hybridized carbons (Fsp3) is 0.308. The smallest absolute Gasteiger partial charge is 0.351 e. The molecule has 2 N–H and O–H groups in total. The van der Waals surface area contributed by atoms with Gasteiger partial charge in [0.25, 0.3) is 5.91 Å². The average Bonchev–Trinajstić information content (AvgIpc) is 2.50. The van der Waals surface area contributed by atoms with Gasteiger partial charge >= 0.3 is 5.97 Å². The first-order valence-corrected chi connectivity index (χ1v) is 6.17. The molecular weight excluding hydrogens is 280 g/mol. The Labute approximate surface area is 120 Å². The second kappa shape index (κ2) is 6.60. The molecule has 0 saturated heterocycles. The lowest BCUT2D eigenvalue weighted by molar-refractivity contribution is -0.158. The molecule has 0 aromatic heterocycles. The number of fused-ring (bicyclic) bond motifs is 1. The van der Waals surface area contributed by atoms with Crippen molar-refractivity contribution in [2.75, 3.05) is 13.2 Å². The Morgan fingerprint density at radius 3 is 2.67 bits per heavy atom. The first-order chi connectivity index (χ1) is 10.1. The molecule has 8 nitrogen and oxygen atoms in total. The van der Waals surface area contributed by atoms with Crippen molar-refractivity contribution in [3.8, 4) is 11.5 Å². The SMILES string of the molecule is CC(=O)NNC(=O)COC(=O)[C@@H]1COc2ccccc2O1. The summed E-state index contributed by atoms with van der Waals surface area (Å²) in [5, 5.41) is 0. The number of rotatable bonds is 3. The Morgan fingerprint density at radius 2 is 1.95 bits per heavy atom. The number of ether oxygens (including phenoxy) is 3. The Hall–Kier alpha value is -2.77. The van der Waals surface area contributed by atoms with E-state index in [2.05, 4.69) is 10.9 Å². The number of carbonyl (C=O) groups excluding carboxylic acids is 3. The molecule has 0 unspecified atom stereocenters. The predicted octanol–water partition coefficient (Wildman–Crippen LogP) is -0.463. The van der Waals surface area contributed by atoms with Crippen molar-refractivity contribution >= 4 is 17.8 Å². The zero-order valence-corrected chi connectivity index (χ0v) is 11.3. The molecule has 1 aromatic rings. The summed E-state index contributed by atoms with van der Waals surface area (Å²) in [4.78, 5) is 33.6. The van der Waals surface area contributed by atoms with Gasteiger partial charge in [-0.15, -0.1) is 0 Å². The van der Waals surface area contributed by atoms with Gasteiger partial charge in [-0.2, -0.15) is 0 Å². The molecule has 112 valence electrons. The van der Waals surface area contributed by atoms with Gasteiger partial charge in [0.15, 0.2) is 18.1 Å². The Balaban J connectivity index is 1.80. The molecule has 2 amide bonds. The molecule has 0 bridgehead atoms. The molecule has 1 aromatic carbocycles. The number of para-hydroxylation sites is 2. The fourth-order valence-corrected chi connectivity index (χ4v) is 1.56. The number of benzene rings is 1. The number of nitrogens with one attached hydrogen (secondary N) is 2. The van der Waals surface area contributed by atoms with Crippen LogP contribution in [0.2, 0.25) is 0 Å². The van der Waals surface area contributed by atoms with Crippen molar-refractivity contribution in [3.05, 3.63) is 24.3 Å². The summed E-state index contributed by atoms with van der Waals surface area (Å²) in [6.45, 7) is 0.709. The molecule has 0 aliphatic carbocycles. The summed E-state index contributed by atoms with van der Waals surface area (Å²) in [7, 11) is 0. The van der Waals surface area contributed by atoms with E-state index in [1.54, 1.807) is 24.3 Å². The van der Waals surface area contributed by atoms with Crippen LogP contribution >= 0.6 is 0 Å². The quantitative estimate of drug-likeness (QED) is 0.577. The number of esters is 1. The molecule has 1 aliphatic heterocycles. The molecular formula is C13H14N2O6. The lowest BCUT2D eigenvalue weighted by Gasteiger charge is -2.24. The lowest BCUT2D eigenvalue weighted by Crippen LogP contribution is -2.44. The van der Waals surface area contributed by atoms with Gasteiger partial charge in [0.2, 0.25) is 12.0 Å². The summed E-state index contributed by atoms with van der Waals surface area (Å²) in [5.41, 5.74) is 4.14. The van der Waals surface area contributed by atoms with E-state index in [-0.39, 0.29) is 6.61 Å². The number of amides is 2.